The van der Waals surface area contributed by atoms with Crippen LogP contribution in [0, 0.1) is 0 Å². The van der Waals surface area contributed by atoms with Gasteiger partial charge in [0, 0.05) is 24.6 Å². The van der Waals surface area contributed by atoms with Crippen molar-refractivity contribution >= 4 is 17.3 Å². The van der Waals surface area contributed by atoms with Gasteiger partial charge in [0.1, 0.15) is 5.60 Å². The summed E-state index contributed by atoms with van der Waals surface area (Å²) >= 11 is 1.55. The molecule has 0 spiro atoms. The normalized spacial score (nSPS) is 21.6. The quantitative estimate of drug-likeness (QED) is 0.530. The van der Waals surface area contributed by atoms with Crippen molar-refractivity contribution in [3.63, 3.8) is 0 Å². The SMILES string of the molecule is CCNC(=NCC(C)(O)c1cccs1)NCCC1CCCO1. The van der Waals surface area contributed by atoms with Crippen molar-refractivity contribution < 1.29 is 9.84 Å². The van der Waals surface area contributed by atoms with E-state index in [2.05, 4.69) is 15.6 Å². The van der Waals surface area contributed by atoms with Gasteiger partial charge < -0.3 is 20.5 Å². The number of guanidine groups is 1. The van der Waals surface area contributed by atoms with Crippen LogP contribution >= 0.6 is 11.3 Å². The minimum absolute atomic E-state index is 0.336. The highest BCUT2D eigenvalue weighted by Gasteiger charge is 2.24. The summed E-state index contributed by atoms with van der Waals surface area (Å²) in [5.41, 5.74) is -0.926. The lowest BCUT2D eigenvalue weighted by atomic mass is 10.1. The Hall–Kier alpha value is -1.11. The van der Waals surface area contributed by atoms with E-state index in [1.165, 1.54) is 6.42 Å². The maximum Gasteiger partial charge on any atom is 0.191 e. The molecule has 2 unspecified atom stereocenters. The highest BCUT2D eigenvalue weighted by molar-refractivity contribution is 7.10. The number of aliphatic hydroxyl groups is 1. The molecule has 0 amide bonds. The van der Waals surface area contributed by atoms with Gasteiger partial charge in [-0.3, -0.25) is 0 Å². The Kier molecular flexibility index (Phi) is 6.67. The van der Waals surface area contributed by atoms with Gasteiger partial charge in [0.15, 0.2) is 5.96 Å². The average molecular weight is 325 g/mol. The molecular formula is C16H27N3O2S. The summed E-state index contributed by atoms with van der Waals surface area (Å²) in [7, 11) is 0. The average Bonchev–Trinajstić information content (AvgIpc) is 3.18. The Morgan fingerprint density at radius 1 is 1.55 bits per heavy atom. The Morgan fingerprint density at radius 3 is 3.05 bits per heavy atom. The van der Waals surface area contributed by atoms with Gasteiger partial charge in [0.05, 0.1) is 12.6 Å². The van der Waals surface area contributed by atoms with E-state index in [0.717, 1.165) is 43.4 Å². The second-order valence-corrected chi connectivity index (χ2v) is 6.74. The van der Waals surface area contributed by atoms with Gasteiger partial charge in [-0.1, -0.05) is 6.07 Å². The molecule has 2 rings (SSSR count). The molecule has 1 saturated heterocycles. The van der Waals surface area contributed by atoms with Crippen LogP contribution in [-0.4, -0.2) is 43.4 Å². The monoisotopic (exact) mass is 325 g/mol. The summed E-state index contributed by atoms with van der Waals surface area (Å²) in [6.07, 6.45) is 3.70. The first-order valence-electron chi connectivity index (χ1n) is 8.02. The van der Waals surface area contributed by atoms with Gasteiger partial charge in [-0.2, -0.15) is 0 Å². The van der Waals surface area contributed by atoms with E-state index in [-0.39, 0.29) is 0 Å². The standard InChI is InChI=1S/C16H27N3O2S/c1-3-17-15(18-9-8-13-6-4-10-21-13)19-12-16(2,20)14-7-5-11-22-14/h5,7,11,13,20H,3-4,6,8-10,12H2,1-2H3,(H2,17,18,19). The minimum Gasteiger partial charge on any atom is -0.383 e. The van der Waals surface area contributed by atoms with Crippen LogP contribution in [0.2, 0.25) is 0 Å². The van der Waals surface area contributed by atoms with Crippen molar-refractivity contribution in [3.05, 3.63) is 22.4 Å². The fraction of sp³-hybridized carbons (Fsp3) is 0.688. The minimum atomic E-state index is -0.926. The second-order valence-electron chi connectivity index (χ2n) is 5.80. The number of aliphatic imine (C=N–C) groups is 1. The lowest BCUT2D eigenvalue weighted by Gasteiger charge is -2.21. The summed E-state index contributed by atoms with van der Waals surface area (Å²) < 4.78 is 5.62. The van der Waals surface area contributed by atoms with E-state index < -0.39 is 5.60 Å². The van der Waals surface area contributed by atoms with Crippen molar-refractivity contribution in [2.45, 2.75) is 44.8 Å². The zero-order valence-corrected chi connectivity index (χ0v) is 14.3. The topological polar surface area (TPSA) is 65.9 Å². The highest BCUT2D eigenvalue weighted by atomic mass is 32.1. The molecule has 0 saturated carbocycles. The van der Waals surface area contributed by atoms with Gasteiger partial charge in [-0.05, 0) is 44.6 Å². The largest absolute Gasteiger partial charge is 0.383 e. The van der Waals surface area contributed by atoms with Crippen LogP contribution < -0.4 is 10.6 Å². The number of rotatable bonds is 7. The Bertz CT molecular complexity index is 454. The predicted octanol–water partition coefficient (Wildman–Crippen LogP) is 2.08. The van der Waals surface area contributed by atoms with Gasteiger partial charge in [0.25, 0.3) is 0 Å². The van der Waals surface area contributed by atoms with Crippen molar-refractivity contribution in [2.24, 2.45) is 4.99 Å². The molecule has 1 aromatic rings. The van der Waals surface area contributed by atoms with Gasteiger partial charge >= 0.3 is 0 Å². The first kappa shape index (κ1) is 17.2. The van der Waals surface area contributed by atoms with E-state index in [0.29, 0.717) is 12.6 Å². The van der Waals surface area contributed by atoms with Crippen molar-refractivity contribution in [2.75, 3.05) is 26.2 Å². The van der Waals surface area contributed by atoms with Crippen LogP contribution in [0.25, 0.3) is 0 Å². The van der Waals surface area contributed by atoms with Crippen LogP contribution in [0.15, 0.2) is 22.5 Å². The lowest BCUT2D eigenvalue weighted by molar-refractivity contribution is 0.0711. The van der Waals surface area contributed by atoms with E-state index >= 15 is 0 Å². The molecule has 2 heterocycles. The van der Waals surface area contributed by atoms with E-state index in [4.69, 9.17) is 4.74 Å². The van der Waals surface area contributed by atoms with Crippen molar-refractivity contribution in [3.8, 4) is 0 Å². The number of hydrogen-bond acceptors (Lipinski definition) is 4. The first-order valence-corrected chi connectivity index (χ1v) is 8.90. The maximum atomic E-state index is 10.5. The van der Waals surface area contributed by atoms with E-state index in [1.807, 2.05) is 24.4 Å². The van der Waals surface area contributed by atoms with Gasteiger partial charge in [0.2, 0.25) is 0 Å². The fourth-order valence-electron chi connectivity index (χ4n) is 2.46. The molecule has 2 atom stereocenters. The smallest absolute Gasteiger partial charge is 0.191 e. The molecule has 0 aliphatic carbocycles. The molecule has 0 bridgehead atoms. The van der Waals surface area contributed by atoms with Crippen LogP contribution in [0.4, 0.5) is 0 Å². The van der Waals surface area contributed by atoms with E-state index in [9.17, 15) is 5.11 Å². The Balaban J connectivity index is 1.83. The molecule has 1 fully saturated rings. The number of nitrogens with zero attached hydrogens (tertiary/aromatic N) is 1. The summed E-state index contributed by atoms with van der Waals surface area (Å²) in [5.74, 6) is 0.748. The lowest BCUT2D eigenvalue weighted by Crippen LogP contribution is -2.39. The van der Waals surface area contributed by atoms with Crippen LogP contribution in [-0.2, 0) is 10.3 Å². The third kappa shape index (κ3) is 5.26. The molecule has 3 N–H and O–H groups in total. The van der Waals surface area contributed by atoms with Gasteiger partial charge in [-0.15, -0.1) is 11.3 Å². The molecule has 1 aromatic heterocycles. The highest BCUT2D eigenvalue weighted by Crippen LogP contribution is 2.25. The maximum absolute atomic E-state index is 10.5. The zero-order valence-electron chi connectivity index (χ0n) is 13.5. The third-order valence-electron chi connectivity index (χ3n) is 3.72. The molecular weight excluding hydrogens is 298 g/mol. The molecule has 22 heavy (non-hydrogen) atoms. The molecule has 1 aliphatic rings. The molecule has 0 radical (unpaired) electrons. The number of nitrogens with one attached hydrogen (secondary N) is 2. The van der Waals surface area contributed by atoms with Crippen LogP contribution in [0.5, 0.6) is 0 Å². The predicted molar refractivity (Wildman–Crippen MR) is 91.5 cm³/mol. The van der Waals surface area contributed by atoms with E-state index in [1.54, 1.807) is 18.3 Å². The Morgan fingerprint density at radius 2 is 2.41 bits per heavy atom. The molecule has 1 aliphatic heterocycles. The number of thiophene rings is 1. The summed E-state index contributed by atoms with van der Waals surface area (Å²) in [6, 6.07) is 3.89. The summed E-state index contributed by atoms with van der Waals surface area (Å²) in [5, 5.41) is 19.0. The fourth-order valence-corrected chi connectivity index (χ4v) is 3.24. The summed E-state index contributed by atoms with van der Waals surface area (Å²) in [4.78, 5) is 5.45. The molecule has 5 nitrogen and oxygen atoms in total. The van der Waals surface area contributed by atoms with Gasteiger partial charge in [-0.25, -0.2) is 4.99 Å². The summed E-state index contributed by atoms with van der Waals surface area (Å²) in [6.45, 7) is 6.70. The van der Waals surface area contributed by atoms with Crippen LogP contribution in [0.3, 0.4) is 0 Å². The van der Waals surface area contributed by atoms with Crippen molar-refractivity contribution in [1.82, 2.24) is 10.6 Å². The Labute approximate surface area is 136 Å². The molecule has 124 valence electrons. The van der Waals surface area contributed by atoms with Crippen molar-refractivity contribution in [1.29, 1.82) is 0 Å². The third-order valence-corrected chi connectivity index (χ3v) is 4.85. The zero-order chi connectivity index (χ0) is 15.8. The van der Waals surface area contributed by atoms with Crippen LogP contribution in [0.1, 0.15) is 38.0 Å². The molecule has 0 aromatic carbocycles. The first-order chi connectivity index (χ1) is 10.6. The number of hydrogen-bond donors (Lipinski definition) is 3. The second kappa shape index (κ2) is 8.50. The molecule has 6 heteroatoms. The number of ether oxygens (including phenoxy) is 1.